The van der Waals surface area contributed by atoms with Crippen LogP contribution in [0, 0.1) is 0 Å². The molecule has 0 aliphatic rings. The molecule has 0 N–H and O–H groups in total. The number of carbonyl (C=O) groups excluding carboxylic acids is 4. The number of amides is 1. The number of carbonyl (C=O) groups is 4. The van der Waals surface area contributed by atoms with E-state index in [-0.39, 0.29) is 12.5 Å². The molecule has 0 aliphatic heterocycles. The fraction of sp³-hybridized carbons (Fsp3) is 0.750. The van der Waals surface area contributed by atoms with Gasteiger partial charge in [0.25, 0.3) is 0 Å². The Morgan fingerprint density at radius 3 is 1.80 bits per heavy atom. The third kappa shape index (κ3) is 7.97. The van der Waals surface area contributed by atoms with E-state index in [2.05, 4.69) is 0 Å². The molecule has 144 valence electrons. The van der Waals surface area contributed by atoms with Crippen molar-refractivity contribution in [3.8, 4) is 0 Å². The van der Waals surface area contributed by atoms with Crippen LogP contribution in [0.2, 0.25) is 0 Å². The van der Waals surface area contributed by atoms with Crippen LogP contribution in [-0.2, 0) is 38.1 Å². The molecular weight excluding hydrogens is 334 g/mol. The van der Waals surface area contributed by atoms with Crippen LogP contribution in [0.4, 0.5) is 0 Å². The fourth-order valence-electron chi connectivity index (χ4n) is 2.36. The van der Waals surface area contributed by atoms with Gasteiger partial charge in [-0.1, -0.05) is 0 Å². The summed E-state index contributed by atoms with van der Waals surface area (Å²) in [6.07, 6.45) is -2.68. The molecular formula is C16H27NO8. The zero-order valence-corrected chi connectivity index (χ0v) is 15.7. The van der Waals surface area contributed by atoms with E-state index in [1.54, 1.807) is 0 Å². The van der Waals surface area contributed by atoms with Crippen LogP contribution in [0.15, 0.2) is 0 Å². The Morgan fingerprint density at radius 2 is 1.44 bits per heavy atom. The lowest BCUT2D eigenvalue weighted by Crippen LogP contribution is -2.58. The van der Waals surface area contributed by atoms with Gasteiger partial charge in [-0.25, -0.2) is 0 Å². The van der Waals surface area contributed by atoms with E-state index in [1.807, 2.05) is 0 Å². The molecule has 4 atom stereocenters. The van der Waals surface area contributed by atoms with E-state index >= 15 is 0 Å². The summed E-state index contributed by atoms with van der Waals surface area (Å²) in [5.41, 5.74) is 0. The number of methoxy groups -OCH3 is 1. The van der Waals surface area contributed by atoms with Crippen molar-refractivity contribution < 1.29 is 38.1 Å². The van der Waals surface area contributed by atoms with Gasteiger partial charge < -0.3 is 23.8 Å². The minimum atomic E-state index is -1.02. The topological polar surface area (TPSA) is 108 Å². The predicted octanol–water partition coefficient (Wildman–Crippen LogP) is 0.295. The standard InChI is InChI=1S/C16H27NO8/c1-9(24-12(4)20)16(25-13(5)21)15(17(6)10(2)18)14(22-7)8-23-11(3)19/h9,14-16H,8H2,1-7H3. The lowest BCUT2D eigenvalue weighted by molar-refractivity contribution is -0.179. The summed E-state index contributed by atoms with van der Waals surface area (Å²) in [4.78, 5) is 47.1. The van der Waals surface area contributed by atoms with Gasteiger partial charge in [0.1, 0.15) is 24.9 Å². The monoisotopic (exact) mass is 361 g/mol. The summed E-state index contributed by atoms with van der Waals surface area (Å²) < 4.78 is 20.8. The number of hydrogen-bond acceptors (Lipinski definition) is 8. The molecule has 0 heterocycles. The Bertz CT molecular complexity index is 493. The minimum absolute atomic E-state index is 0.168. The molecule has 0 aromatic rings. The zero-order valence-electron chi connectivity index (χ0n) is 15.7. The van der Waals surface area contributed by atoms with Crippen LogP contribution in [-0.4, -0.2) is 73.8 Å². The van der Waals surface area contributed by atoms with E-state index in [0.717, 1.165) is 0 Å². The van der Waals surface area contributed by atoms with Gasteiger partial charge >= 0.3 is 17.9 Å². The van der Waals surface area contributed by atoms with Gasteiger partial charge in [-0.3, -0.25) is 19.2 Å². The van der Waals surface area contributed by atoms with Gasteiger partial charge in [-0.15, -0.1) is 0 Å². The molecule has 0 bridgehead atoms. The number of hydrogen-bond donors (Lipinski definition) is 0. The number of nitrogens with zero attached hydrogens (tertiary/aromatic N) is 1. The highest BCUT2D eigenvalue weighted by Gasteiger charge is 2.41. The van der Waals surface area contributed by atoms with E-state index in [9.17, 15) is 19.2 Å². The second kappa shape index (κ2) is 10.7. The molecule has 0 fully saturated rings. The summed E-state index contributed by atoms with van der Waals surface area (Å²) in [6.45, 7) is 6.35. The first-order chi connectivity index (χ1) is 11.5. The van der Waals surface area contributed by atoms with Gasteiger partial charge in [-0.2, -0.15) is 0 Å². The Hall–Kier alpha value is -2.16. The largest absolute Gasteiger partial charge is 0.463 e. The first-order valence-corrected chi connectivity index (χ1v) is 7.75. The zero-order chi connectivity index (χ0) is 19.7. The van der Waals surface area contributed by atoms with Crippen LogP contribution in [0.1, 0.15) is 34.6 Å². The Kier molecular flexibility index (Phi) is 9.73. The summed E-state index contributed by atoms with van der Waals surface area (Å²) in [7, 11) is 2.86. The van der Waals surface area contributed by atoms with E-state index in [4.69, 9.17) is 18.9 Å². The maximum Gasteiger partial charge on any atom is 0.303 e. The van der Waals surface area contributed by atoms with Crippen molar-refractivity contribution in [2.45, 2.75) is 59.0 Å². The van der Waals surface area contributed by atoms with Crippen LogP contribution in [0.5, 0.6) is 0 Å². The maximum atomic E-state index is 11.9. The predicted molar refractivity (Wildman–Crippen MR) is 86.4 cm³/mol. The average molecular weight is 361 g/mol. The molecule has 0 radical (unpaired) electrons. The second-order valence-electron chi connectivity index (χ2n) is 5.59. The molecule has 0 aliphatic carbocycles. The van der Waals surface area contributed by atoms with E-state index in [0.29, 0.717) is 0 Å². The number of likely N-dealkylation sites (N-methyl/N-ethyl adjacent to an activating group) is 1. The lowest BCUT2D eigenvalue weighted by atomic mass is 9.98. The quantitative estimate of drug-likeness (QED) is 0.426. The molecule has 0 saturated carbocycles. The second-order valence-corrected chi connectivity index (χ2v) is 5.59. The third-order valence-electron chi connectivity index (χ3n) is 3.53. The first kappa shape index (κ1) is 22.8. The summed E-state index contributed by atoms with van der Waals surface area (Å²) in [5, 5.41) is 0. The number of ether oxygens (including phenoxy) is 4. The van der Waals surface area contributed by atoms with Crippen molar-refractivity contribution in [1.29, 1.82) is 0 Å². The van der Waals surface area contributed by atoms with Gasteiger partial charge in [0.15, 0.2) is 6.10 Å². The minimum Gasteiger partial charge on any atom is -0.463 e. The highest BCUT2D eigenvalue weighted by atomic mass is 16.6. The molecule has 0 rings (SSSR count). The van der Waals surface area contributed by atoms with Crippen molar-refractivity contribution in [2.75, 3.05) is 20.8 Å². The maximum absolute atomic E-state index is 11.9. The van der Waals surface area contributed by atoms with Crippen LogP contribution >= 0.6 is 0 Å². The van der Waals surface area contributed by atoms with E-state index in [1.165, 1.54) is 53.7 Å². The van der Waals surface area contributed by atoms with Gasteiger partial charge in [0.05, 0.1) is 0 Å². The highest BCUT2D eigenvalue weighted by Crippen LogP contribution is 2.20. The van der Waals surface area contributed by atoms with Gasteiger partial charge in [0.2, 0.25) is 5.91 Å². The van der Waals surface area contributed by atoms with Gasteiger partial charge in [-0.05, 0) is 6.92 Å². The lowest BCUT2D eigenvalue weighted by Gasteiger charge is -2.39. The summed E-state index contributed by atoms with van der Waals surface area (Å²) >= 11 is 0. The highest BCUT2D eigenvalue weighted by molar-refractivity contribution is 5.73. The first-order valence-electron chi connectivity index (χ1n) is 7.75. The summed E-state index contributed by atoms with van der Waals surface area (Å²) in [5.74, 6) is -2.04. The molecule has 1 amide bonds. The van der Waals surface area contributed by atoms with Crippen LogP contribution < -0.4 is 0 Å². The molecule has 4 unspecified atom stereocenters. The average Bonchev–Trinajstić information content (AvgIpc) is 2.47. The number of esters is 3. The molecule has 0 saturated heterocycles. The van der Waals surface area contributed by atoms with Gasteiger partial charge in [0, 0.05) is 41.9 Å². The Balaban J connectivity index is 5.79. The molecule has 25 heavy (non-hydrogen) atoms. The van der Waals surface area contributed by atoms with Crippen LogP contribution in [0.3, 0.4) is 0 Å². The molecule has 0 spiro atoms. The van der Waals surface area contributed by atoms with Crippen molar-refractivity contribution in [3.05, 3.63) is 0 Å². The van der Waals surface area contributed by atoms with Crippen molar-refractivity contribution in [1.82, 2.24) is 4.90 Å². The third-order valence-corrected chi connectivity index (χ3v) is 3.53. The smallest absolute Gasteiger partial charge is 0.303 e. The van der Waals surface area contributed by atoms with Crippen molar-refractivity contribution >= 4 is 23.8 Å². The number of rotatable bonds is 9. The molecule has 0 aromatic carbocycles. The molecule has 9 heteroatoms. The van der Waals surface area contributed by atoms with Crippen LogP contribution in [0.25, 0.3) is 0 Å². The Morgan fingerprint density at radius 1 is 0.920 bits per heavy atom. The van der Waals surface area contributed by atoms with Crippen molar-refractivity contribution in [2.24, 2.45) is 0 Å². The SMILES string of the molecule is COC(COC(C)=O)C(C(OC(C)=O)C(C)OC(C)=O)N(C)C(C)=O. The normalized spacial score (nSPS) is 15.3. The summed E-state index contributed by atoms with van der Waals surface area (Å²) in [6, 6.07) is -0.847. The van der Waals surface area contributed by atoms with Crippen molar-refractivity contribution in [3.63, 3.8) is 0 Å². The Labute approximate surface area is 147 Å². The fourth-order valence-corrected chi connectivity index (χ4v) is 2.36. The van der Waals surface area contributed by atoms with E-state index < -0.39 is 42.3 Å². The molecule has 0 aromatic heterocycles. The molecule has 9 nitrogen and oxygen atoms in total.